The van der Waals surface area contributed by atoms with Crippen LogP contribution in [0.25, 0.3) is 32.7 Å². The minimum atomic E-state index is 0.849. The molecule has 5 nitrogen and oxygen atoms in total. The maximum Gasteiger partial charge on any atom is 0.141 e. The van der Waals surface area contributed by atoms with Crippen LogP contribution in [0.4, 0.5) is 0 Å². The highest BCUT2D eigenvalue weighted by molar-refractivity contribution is 7.13. The number of nitrogens with zero attached hydrogens (tertiary/aromatic N) is 4. The van der Waals surface area contributed by atoms with E-state index >= 15 is 0 Å². The Balaban J connectivity index is 2.04. The molecule has 4 rings (SSSR count). The van der Waals surface area contributed by atoms with E-state index in [9.17, 15) is 0 Å². The Bertz CT molecular complexity index is 872. The molecule has 0 aliphatic heterocycles. The first-order chi connectivity index (χ1) is 9.83. The Labute approximate surface area is 118 Å². The predicted molar refractivity (Wildman–Crippen MR) is 79.4 cm³/mol. The standard InChI is InChI=1S/C14H11N5S/c1-19-7-9(5-18-19)13-12-10(11-3-2-4-20-11)6-15-14(12)17-8-16-13/h2-8H,1H3,(H,15,16,17). The number of hydrogen-bond acceptors (Lipinski definition) is 4. The molecule has 0 saturated heterocycles. The van der Waals surface area contributed by atoms with Gasteiger partial charge >= 0.3 is 0 Å². The summed E-state index contributed by atoms with van der Waals surface area (Å²) >= 11 is 1.71. The van der Waals surface area contributed by atoms with E-state index in [-0.39, 0.29) is 0 Å². The highest BCUT2D eigenvalue weighted by atomic mass is 32.1. The molecule has 0 fully saturated rings. The van der Waals surface area contributed by atoms with E-state index in [2.05, 4.69) is 31.5 Å². The summed E-state index contributed by atoms with van der Waals surface area (Å²) in [6.07, 6.45) is 7.37. The highest BCUT2D eigenvalue weighted by Gasteiger charge is 2.15. The Morgan fingerprint density at radius 2 is 2.25 bits per heavy atom. The number of thiophene rings is 1. The zero-order chi connectivity index (χ0) is 13.5. The average molecular weight is 281 g/mol. The first kappa shape index (κ1) is 11.4. The lowest BCUT2D eigenvalue weighted by atomic mass is 10.1. The maximum absolute atomic E-state index is 4.45. The monoisotopic (exact) mass is 281 g/mol. The van der Waals surface area contributed by atoms with Gasteiger partial charge in [0.1, 0.15) is 12.0 Å². The van der Waals surface area contributed by atoms with Crippen LogP contribution in [0.2, 0.25) is 0 Å². The van der Waals surface area contributed by atoms with Gasteiger partial charge in [0.15, 0.2) is 0 Å². The SMILES string of the molecule is Cn1cc(-c2ncnc3[nH]cc(-c4cccs4)c23)cn1. The summed E-state index contributed by atoms with van der Waals surface area (Å²) in [6.45, 7) is 0. The number of nitrogens with one attached hydrogen (secondary N) is 1. The minimum Gasteiger partial charge on any atom is -0.345 e. The predicted octanol–water partition coefficient (Wildman–Crippen LogP) is 3.09. The number of hydrogen-bond donors (Lipinski definition) is 1. The first-order valence-corrected chi connectivity index (χ1v) is 7.06. The number of aryl methyl sites for hydroxylation is 1. The van der Waals surface area contributed by atoms with Crippen LogP contribution in [0.15, 0.2) is 42.4 Å². The van der Waals surface area contributed by atoms with Crippen LogP contribution in [0, 0.1) is 0 Å². The van der Waals surface area contributed by atoms with E-state index in [4.69, 9.17) is 0 Å². The van der Waals surface area contributed by atoms with Crippen LogP contribution in [-0.4, -0.2) is 24.7 Å². The van der Waals surface area contributed by atoms with Crippen molar-refractivity contribution >= 4 is 22.4 Å². The second-order valence-corrected chi connectivity index (χ2v) is 5.48. The lowest BCUT2D eigenvalue weighted by Gasteiger charge is -2.01. The third-order valence-electron chi connectivity index (χ3n) is 3.23. The van der Waals surface area contributed by atoms with Gasteiger partial charge in [0.05, 0.1) is 17.3 Å². The second-order valence-electron chi connectivity index (χ2n) is 4.53. The Hall–Kier alpha value is -2.47. The van der Waals surface area contributed by atoms with E-state index in [0.29, 0.717) is 0 Å². The van der Waals surface area contributed by atoms with Crippen LogP contribution >= 0.6 is 11.3 Å². The van der Waals surface area contributed by atoms with E-state index < -0.39 is 0 Å². The van der Waals surface area contributed by atoms with Gasteiger partial charge in [-0.15, -0.1) is 11.3 Å². The summed E-state index contributed by atoms with van der Waals surface area (Å²) in [4.78, 5) is 13.2. The van der Waals surface area contributed by atoms with Gasteiger partial charge in [-0.2, -0.15) is 5.10 Å². The molecule has 0 radical (unpaired) electrons. The van der Waals surface area contributed by atoms with E-state index in [1.165, 1.54) is 4.88 Å². The van der Waals surface area contributed by atoms with Crippen LogP contribution < -0.4 is 0 Å². The van der Waals surface area contributed by atoms with Gasteiger partial charge in [-0.3, -0.25) is 4.68 Å². The molecule has 0 saturated carbocycles. The molecular formula is C14H11N5S. The van der Waals surface area contributed by atoms with Gasteiger partial charge in [-0.25, -0.2) is 9.97 Å². The molecule has 0 unspecified atom stereocenters. The number of aromatic amines is 1. The van der Waals surface area contributed by atoms with Gasteiger partial charge in [0.2, 0.25) is 0 Å². The Kier molecular flexibility index (Phi) is 2.43. The van der Waals surface area contributed by atoms with Crippen LogP contribution in [0.3, 0.4) is 0 Å². The van der Waals surface area contributed by atoms with Crippen molar-refractivity contribution in [3.8, 4) is 21.7 Å². The summed E-state index contributed by atoms with van der Waals surface area (Å²) in [5.41, 5.74) is 3.89. The van der Waals surface area contributed by atoms with Gasteiger partial charge in [-0.05, 0) is 11.4 Å². The van der Waals surface area contributed by atoms with Gasteiger partial charge in [0.25, 0.3) is 0 Å². The normalized spacial score (nSPS) is 11.2. The van der Waals surface area contributed by atoms with Crippen molar-refractivity contribution in [2.45, 2.75) is 0 Å². The lowest BCUT2D eigenvalue weighted by Crippen LogP contribution is -1.87. The summed E-state index contributed by atoms with van der Waals surface area (Å²) < 4.78 is 1.78. The van der Waals surface area contributed by atoms with Crippen molar-refractivity contribution in [1.82, 2.24) is 24.7 Å². The molecule has 20 heavy (non-hydrogen) atoms. The molecule has 0 aliphatic rings. The fourth-order valence-corrected chi connectivity index (χ4v) is 3.10. The molecule has 98 valence electrons. The van der Waals surface area contributed by atoms with E-state index in [0.717, 1.165) is 27.9 Å². The third kappa shape index (κ3) is 1.65. The molecule has 4 aromatic rings. The van der Waals surface area contributed by atoms with Crippen molar-refractivity contribution in [3.63, 3.8) is 0 Å². The van der Waals surface area contributed by atoms with Gasteiger partial charge in [0, 0.05) is 35.4 Å². The van der Waals surface area contributed by atoms with Crippen molar-refractivity contribution < 1.29 is 0 Å². The smallest absolute Gasteiger partial charge is 0.141 e. The topological polar surface area (TPSA) is 59.4 Å². The van der Waals surface area contributed by atoms with Crippen LogP contribution in [0.5, 0.6) is 0 Å². The number of fused-ring (bicyclic) bond motifs is 1. The van der Waals surface area contributed by atoms with Crippen molar-refractivity contribution in [3.05, 3.63) is 42.4 Å². The maximum atomic E-state index is 4.45. The quantitative estimate of drug-likeness (QED) is 0.614. The Morgan fingerprint density at radius 3 is 3.00 bits per heavy atom. The number of H-pyrrole nitrogens is 1. The average Bonchev–Trinajstić information content (AvgIpc) is 3.17. The third-order valence-corrected chi connectivity index (χ3v) is 4.14. The molecule has 0 aromatic carbocycles. The zero-order valence-corrected chi connectivity index (χ0v) is 11.6. The minimum absolute atomic E-state index is 0.849. The molecule has 0 amide bonds. The van der Waals surface area contributed by atoms with Gasteiger partial charge in [-0.1, -0.05) is 6.07 Å². The van der Waals surface area contributed by atoms with Crippen LogP contribution in [0.1, 0.15) is 0 Å². The van der Waals surface area contributed by atoms with Crippen molar-refractivity contribution in [2.75, 3.05) is 0 Å². The molecule has 0 aliphatic carbocycles. The molecule has 6 heteroatoms. The summed E-state index contributed by atoms with van der Waals surface area (Å²) in [5.74, 6) is 0. The van der Waals surface area contributed by atoms with E-state index in [1.54, 1.807) is 22.3 Å². The molecule has 1 N–H and O–H groups in total. The van der Waals surface area contributed by atoms with Crippen molar-refractivity contribution in [1.29, 1.82) is 0 Å². The fourth-order valence-electron chi connectivity index (χ4n) is 2.35. The lowest BCUT2D eigenvalue weighted by molar-refractivity contribution is 0.768. The van der Waals surface area contributed by atoms with E-state index in [1.807, 2.05) is 31.7 Å². The highest BCUT2D eigenvalue weighted by Crippen LogP contribution is 2.35. The van der Waals surface area contributed by atoms with Gasteiger partial charge < -0.3 is 4.98 Å². The molecule has 0 bridgehead atoms. The Morgan fingerprint density at radius 1 is 1.30 bits per heavy atom. The summed E-state index contributed by atoms with van der Waals surface area (Å²) in [6, 6.07) is 4.15. The fraction of sp³-hybridized carbons (Fsp3) is 0.0714. The molecular weight excluding hydrogens is 270 g/mol. The number of aromatic nitrogens is 5. The zero-order valence-electron chi connectivity index (χ0n) is 10.7. The van der Waals surface area contributed by atoms with Crippen molar-refractivity contribution in [2.24, 2.45) is 7.05 Å². The number of rotatable bonds is 2. The summed E-state index contributed by atoms with van der Waals surface area (Å²) in [7, 11) is 1.90. The molecule has 4 heterocycles. The molecule has 4 aromatic heterocycles. The summed E-state index contributed by atoms with van der Waals surface area (Å²) in [5, 5.41) is 7.34. The first-order valence-electron chi connectivity index (χ1n) is 6.18. The molecule has 0 spiro atoms. The second kappa shape index (κ2) is 4.28. The van der Waals surface area contributed by atoms with Crippen LogP contribution in [-0.2, 0) is 7.05 Å². The molecule has 0 atom stereocenters. The largest absolute Gasteiger partial charge is 0.345 e.